The number of nitro groups is 1. The molecule has 1 rings (SSSR count). The summed E-state index contributed by atoms with van der Waals surface area (Å²) in [5.41, 5.74) is 0.803. The highest BCUT2D eigenvalue weighted by Gasteiger charge is 2.13. The molecule has 0 aromatic heterocycles. The first-order chi connectivity index (χ1) is 8.93. The maximum atomic E-state index is 11.0. The lowest BCUT2D eigenvalue weighted by Crippen LogP contribution is -2.02. The molecule has 104 valence electrons. The van der Waals surface area contributed by atoms with Crippen molar-refractivity contribution in [3.8, 4) is 11.5 Å². The van der Waals surface area contributed by atoms with Gasteiger partial charge in [-0.15, -0.1) is 0 Å². The van der Waals surface area contributed by atoms with E-state index in [2.05, 4.69) is 0 Å². The van der Waals surface area contributed by atoms with Crippen LogP contribution in [0.3, 0.4) is 0 Å². The van der Waals surface area contributed by atoms with Gasteiger partial charge >= 0.3 is 0 Å². The van der Waals surface area contributed by atoms with Gasteiger partial charge in [-0.05, 0) is 30.5 Å². The van der Waals surface area contributed by atoms with Crippen LogP contribution in [0.1, 0.15) is 32.8 Å². The molecule has 19 heavy (non-hydrogen) atoms. The van der Waals surface area contributed by atoms with Crippen LogP contribution in [0.2, 0.25) is 0 Å². The summed E-state index contributed by atoms with van der Waals surface area (Å²) in [6.07, 6.45) is 1.92. The summed E-state index contributed by atoms with van der Waals surface area (Å²) >= 11 is 0. The fraction of sp³-hybridized carbons (Fsp3) is 0.429. The van der Waals surface area contributed by atoms with Crippen LogP contribution in [-0.4, -0.2) is 16.6 Å². The lowest BCUT2D eigenvalue weighted by Gasteiger charge is -2.07. The largest absolute Gasteiger partial charge is 0.504 e. The topological polar surface area (TPSA) is 72.6 Å². The lowest BCUT2D eigenvalue weighted by molar-refractivity contribution is -0.427. The lowest BCUT2D eigenvalue weighted by atomic mass is 10.1. The van der Waals surface area contributed by atoms with Gasteiger partial charge in [0, 0.05) is 12.5 Å². The molecule has 0 radical (unpaired) electrons. The molecule has 0 heterocycles. The van der Waals surface area contributed by atoms with Crippen LogP contribution in [0.4, 0.5) is 0 Å². The Kier molecular flexibility index (Phi) is 5.36. The Morgan fingerprint density at radius 1 is 1.53 bits per heavy atom. The second-order valence-corrected chi connectivity index (χ2v) is 4.65. The summed E-state index contributed by atoms with van der Waals surface area (Å²) in [6.45, 7) is 6.09. The van der Waals surface area contributed by atoms with E-state index in [0.29, 0.717) is 24.3 Å². The molecule has 0 unspecified atom stereocenters. The van der Waals surface area contributed by atoms with E-state index in [-0.39, 0.29) is 22.3 Å². The fourth-order valence-corrected chi connectivity index (χ4v) is 1.69. The number of hydrogen-bond donors (Lipinski definition) is 1. The van der Waals surface area contributed by atoms with Crippen LogP contribution in [0.25, 0.3) is 6.08 Å². The Morgan fingerprint density at radius 2 is 2.21 bits per heavy atom. The van der Waals surface area contributed by atoms with Crippen LogP contribution in [0.15, 0.2) is 23.9 Å². The minimum atomic E-state index is -0.368. The summed E-state index contributed by atoms with van der Waals surface area (Å²) in [6, 6.07) is 4.70. The Morgan fingerprint density at radius 3 is 2.74 bits per heavy atom. The highest BCUT2D eigenvalue weighted by atomic mass is 16.6. The van der Waals surface area contributed by atoms with Gasteiger partial charge in [-0.1, -0.05) is 19.9 Å². The number of benzene rings is 1. The zero-order chi connectivity index (χ0) is 14.4. The quantitative estimate of drug-likeness (QED) is 0.631. The second-order valence-electron chi connectivity index (χ2n) is 4.65. The van der Waals surface area contributed by atoms with Crippen molar-refractivity contribution < 1.29 is 14.8 Å². The third-order valence-electron chi connectivity index (χ3n) is 2.47. The van der Waals surface area contributed by atoms with Crippen molar-refractivity contribution >= 4 is 6.08 Å². The molecule has 0 aliphatic rings. The molecule has 0 spiro atoms. The van der Waals surface area contributed by atoms with Crippen LogP contribution in [0.5, 0.6) is 11.5 Å². The normalized spacial score (nSPS) is 11.7. The monoisotopic (exact) mass is 265 g/mol. The average molecular weight is 265 g/mol. The summed E-state index contributed by atoms with van der Waals surface area (Å²) < 4.78 is 5.25. The highest BCUT2D eigenvalue weighted by molar-refractivity contribution is 5.56. The molecule has 0 bridgehead atoms. The first-order valence-electron chi connectivity index (χ1n) is 6.24. The molecule has 0 atom stereocenters. The third kappa shape index (κ3) is 4.62. The molecular weight excluding hydrogens is 246 g/mol. The summed E-state index contributed by atoms with van der Waals surface area (Å²) in [5.74, 6) is 0.578. The average Bonchev–Trinajstić information content (AvgIpc) is 2.32. The van der Waals surface area contributed by atoms with Crippen molar-refractivity contribution in [2.45, 2.75) is 27.2 Å². The Balaban J connectivity index is 3.06. The van der Waals surface area contributed by atoms with E-state index in [9.17, 15) is 15.2 Å². The molecule has 0 aliphatic carbocycles. The Labute approximate surface area is 112 Å². The fourth-order valence-electron chi connectivity index (χ4n) is 1.69. The van der Waals surface area contributed by atoms with E-state index in [0.717, 1.165) is 0 Å². The van der Waals surface area contributed by atoms with Gasteiger partial charge in [-0.25, -0.2) is 0 Å². The highest BCUT2D eigenvalue weighted by Crippen LogP contribution is 2.28. The Hall–Kier alpha value is -2.04. The minimum Gasteiger partial charge on any atom is -0.504 e. The van der Waals surface area contributed by atoms with Crippen molar-refractivity contribution in [1.29, 1.82) is 0 Å². The van der Waals surface area contributed by atoms with Crippen molar-refractivity contribution in [3.05, 3.63) is 39.6 Å². The van der Waals surface area contributed by atoms with Gasteiger partial charge in [0.2, 0.25) is 5.70 Å². The molecule has 0 saturated heterocycles. The van der Waals surface area contributed by atoms with Gasteiger partial charge in [-0.3, -0.25) is 10.1 Å². The first-order valence-corrected chi connectivity index (χ1v) is 6.24. The van der Waals surface area contributed by atoms with Gasteiger partial charge in [0.05, 0.1) is 11.5 Å². The SMILES string of the molecule is CCOc1cc(C=C(CC(C)C)[N+](=O)[O-])ccc1O. The molecule has 0 aliphatic heterocycles. The second kappa shape index (κ2) is 6.78. The van der Waals surface area contributed by atoms with E-state index in [1.807, 2.05) is 20.8 Å². The number of allylic oxidation sites excluding steroid dienone is 1. The van der Waals surface area contributed by atoms with Crippen LogP contribution in [0, 0.1) is 16.0 Å². The van der Waals surface area contributed by atoms with Crippen molar-refractivity contribution in [2.75, 3.05) is 6.61 Å². The molecular formula is C14H19NO4. The predicted octanol–water partition coefficient (Wildman–Crippen LogP) is 3.45. The van der Waals surface area contributed by atoms with Gasteiger partial charge in [0.1, 0.15) is 0 Å². The minimum absolute atomic E-state index is 0.0329. The number of aromatic hydroxyl groups is 1. The number of phenols is 1. The molecule has 5 nitrogen and oxygen atoms in total. The van der Waals surface area contributed by atoms with Gasteiger partial charge in [-0.2, -0.15) is 0 Å². The summed E-state index contributed by atoms with van der Waals surface area (Å²) in [4.78, 5) is 10.6. The van der Waals surface area contributed by atoms with E-state index in [1.54, 1.807) is 12.1 Å². The van der Waals surface area contributed by atoms with Gasteiger partial charge in [0.25, 0.3) is 0 Å². The van der Waals surface area contributed by atoms with E-state index in [1.165, 1.54) is 12.1 Å². The first kappa shape index (κ1) is 15.0. The maximum Gasteiger partial charge on any atom is 0.247 e. The number of nitrogens with zero attached hydrogens (tertiary/aromatic N) is 1. The van der Waals surface area contributed by atoms with Crippen LogP contribution in [-0.2, 0) is 0 Å². The Bertz CT molecular complexity index is 480. The van der Waals surface area contributed by atoms with E-state index in [4.69, 9.17) is 4.74 Å². The van der Waals surface area contributed by atoms with Gasteiger partial charge < -0.3 is 9.84 Å². The smallest absolute Gasteiger partial charge is 0.247 e. The molecule has 1 aromatic rings. The molecule has 0 saturated carbocycles. The predicted molar refractivity (Wildman–Crippen MR) is 73.7 cm³/mol. The van der Waals surface area contributed by atoms with Crippen molar-refractivity contribution in [1.82, 2.24) is 0 Å². The van der Waals surface area contributed by atoms with E-state index >= 15 is 0 Å². The van der Waals surface area contributed by atoms with Crippen LogP contribution >= 0.6 is 0 Å². The third-order valence-corrected chi connectivity index (χ3v) is 2.47. The van der Waals surface area contributed by atoms with E-state index < -0.39 is 0 Å². The maximum absolute atomic E-state index is 11.0. The number of hydrogen-bond acceptors (Lipinski definition) is 4. The van der Waals surface area contributed by atoms with Gasteiger partial charge in [0.15, 0.2) is 11.5 Å². The summed E-state index contributed by atoms with van der Waals surface area (Å²) in [5, 5.41) is 20.5. The molecule has 0 amide bonds. The molecule has 1 N–H and O–H groups in total. The molecule has 5 heteroatoms. The zero-order valence-corrected chi connectivity index (χ0v) is 11.4. The summed E-state index contributed by atoms with van der Waals surface area (Å²) in [7, 11) is 0. The van der Waals surface area contributed by atoms with Crippen LogP contribution < -0.4 is 4.74 Å². The van der Waals surface area contributed by atoms with Crippen molar-refractivity contribution in [2.24, 2.45) is 5.92 Å². The number of phenolic OH excluding ortho intramolecular Hbond substituents is 1. The number of ether oxygens (including phenoxy) is 1. The zero-order valence-electron chi connectivity index (χ0n) is 11.4. The van der Waals surface area contributed by atoms with Crippen molar-refractivity contribution in [3.63, 3.8) is 0 Å². The molecule has 0 fully saturated rings. The molecule has 1 aromatic carbocycles. The number of rotatable bonds is 6. The standard InChI is InChI=1S/C14H19NO4/c1-4-19-14-9-11(5-6-13(14)16)8-12(15(17)18)7-10(2)3/h5-6,8-10,16H,4,7H2,1-3H3.